The van der Waals surface area contributed by atoms with Gasteiger partial charge < -0.3 is 20.8 Å². The van der Waals surface area contributed by atoms with Crippen molar-refractivity contribution < 1.29 is 32.1 Å². The zero-order valence-electron chi connectivity index (χ0n) is 31.3. The molecule has 5 aromatic rings. The molecule has 6 N–H and O–H groups in total. The monoisotopic (exact) mass is 787 g/mol. The van der Waals surface area contributed by atoms with Gasteiger partial charge in [-0.05, 0) is 83.9 Å². The normalized spacial score (nSPS) is 14.1. The largest absolute Gasteiger partial charge is 0.489 e. The zero-order chi connectivity index (χ0) is 40.3. The van der Waals surface area contributed by atoms with E-state index in [1.807, 2.05) is 6.07 Å². The van der Waals surface area contributed by atoms with Gasteiger partial charge in [0.2, 0.25) is 5.91 Å². The molecule has 4 aromatic carbocycles. The van der Waals surface area contributed by atoms with Gasteiger partial charge in [-0.25, -0.2) is 10.8 Å². The molecule has 1 fully saturated rings. The van der Waals surface area contributed by atoms with Gasteiger partial charge >= 0.3 is 0 Å². The second-order valence-corrected chi connectivity index (χ2v) is 15.3. The van der Waals surface area contributed by atoms with E-state index in [9.17, 15) is 22.8 Å². The number of hydrogen-bond donors (Lipinski definition) is 5. The van der Waals surface area contributed by atoms with Gasteiger partial charge in [0.1, 0.15) is 23.1 Å². The zero-order valence-corrected chi connectivity index (χ0v) is 32.1. The van der Waals surface area contributed by atoms with Crippen molar-refractivity contribution >= 4 is 40.1 Å². The third-order valence-electron chi connectivity index (χ3n) is 10.1. The minimum absolute atomic E-state index is 0.0417. The highest BCUT2D eigenvalue weighted by atomic mass is 32.2. The van der Waals surface area contributed by atoms with Crippen LogP contribution in [0.15, 0.2) is 126 Å². The molecule has 2 heterocycles. The number of nitrogens with zero attached hydrogens (tertiary/aromatic N) is 1. The molecule has 1 saturated carbocycles. The smallest absolute Gasteiger partial charge is 0.295 e. The Hall–Kier alpha value is -6.15. The van der Waals surface area contributed by atoms with Gasteiger partial charge in [0.25, 0.3) is 16.0 Å². The summed E-state index contributed by atoms with van der Waals surface area (Å²) in [6.45, 7) is 1.46. The minimum Gasteiger partial charge on any atom is -0.489 e. The molecule has 57 heavy (non-hydrogen) atoms. The summed E-state index contributed by atoms with van der Waals surface area (Å²) in [5, 5.41) is 6.02. The summed E-state index contributed by atoms with van der Waals surface area (Å²) in [7, 11) is -4.28. The number of aldehydes is 1. The molecule has 0 saturated heterocycles. The van der Waals surface area contributed by atoms with Crippen molar-refractivity contribution in [1.82, 2.24) is 15.6 Å². The number of pyridine rings is 1. The SMILES string of the molecule is NNc1ccc(C(=O)NCCCNC(=O)C2(c3ccc4c(c3)OCC(Cc3ccc(-c5ccccc5)cc3)=C4)CCCC2)cn1.O=Cc1ccccc1S(=O)(=O)O. The molecule has 1 aliphatic heterocycles. The fourth-order valence-electron chi connectivity index (χ4n) is 7.13. The molecule has 2 aliphatic rings. The van der Waals surface area contributed by atoms with Crippen LogP contribution in [-0.4, -0.2) is 55.8 Å². The van der Waals surface area contributed by atoms with Crippen molar-refractivity contribution in [2.75, 3.05) is 25.1 Å². The number of amides is 2. The number of hydrogen-bond acceptors (Lipinski definition) is 9. The summed E-state index contributed by atoms with van der Waals surface area (Å²) in [6, 6.07) is 34.1. The van der Waals surface area contributed by atoms with E-state index < -0.39 is 15.5 Å². The maximum atomic E-state index is 13.6. The molecule has 294 valence electrons. The lowest BCUT2D eigenvalue weighted by atomic mass is 9.77. The van der Waals surface area contributed by atoms with Crippen LogP contribution >= 0.6 is 0 Å². The van der Waals surface area contributed by atoms with E-state index in [2.05, 4.69) is 93.8 Å². The van der Waals surface area contributed by atoms with Crippen LogP contribution in [0.5, 0.6) is 5.75 Å². The first-order chi connectivity index (χ1) is 27.6. The van der Waals surface area contributed by atoms with Crippen LogP contribution in [0, 0.1) is 0 Å². The lowest BCUT2D eigenvalue weighted by Crippen LogP contribution is -2.43. The predicted octanol–water partition coefficient (Wildman–Crippen LogP) is 6.55. The van der Waals surface area contributed by atoms with E-state index in [0.29, 0.717) is 43.8 Å². The van der Waals surface area contributed by atoms with E-state index >= 15 is 0 Å². The number of rotatable bonds is 13. The number of hydrazine groups is 1. The van der Waals surface area contributed by atoms with Crippen LogP contribution in [0.2, 0.25) is 0 Å². The molecule has 0 unspecified atom stereocenters. The second-order valence-electron chi connectivity index (χ2n) is 13.9. The summed E-state index contributed by atoms with van der Waals surface area (Å²) < 4.78 is 36.1. The van der Waals surface area contributed by atoms with E-state index in [0.717, 1.165) is 49.0 Å². The highest BCUT2D eigenvalue weighted by molar-refractivity contribution is 7.86. The molecule has 2 amide bonds. The third-order valence-corrected chi connectivity index (χ3v) is 11.1. The number of fused-ring (bicyclic) bond motifs is 1. The fourth-order valence-corrected chi connectivity index (χ4v) is 7.80. The standard InChI is InChI=1S/C37H39N5O3.C7H6O4S/c38-42-34-16-14-31(24-41-34)35(43)39-19-6-20-40-36(44)37(17-4-5-18-37)32-15-13-30-22-27(25-45-33(30)23-32)21-26-9-11-29(12-10-26)28-7-2-1-3-8-28;8-5-6-3-1-2-4-7(6)12(9,10)11/h1-3,7-16,22-24H,4-6,17-21,25,38H2,(H,39,43)(H,40,44)(H,41,42);1-5H,(H,9,10,11). The van der Waals surface area contributed by atoms with Gasteiger partial charge in [0, 0.05) is 30.4 Å². The quantitative estimate of drug-likeness (QED) is 0.0288. The molecule has 0 atom stereocenters. The summed E-state index contributed by atoms with van der Waals surface area (Å²) in [4.78, 5) is 40.0. The highest BCUT2D eigenvalue weighted by Crippen LogP contribution is 2.43. The molecule has 13 heteroatoms. The van der Waals surface area contributed by atoms with E-state index in [-0.39, 0.29) is 22.3 Å². The molecule has 0 radical (unpaired) electrons. The summed E-state index contributed by atoms with van der Waals surface area (Å²) in [6.07, 6.45) is 9.19. The van der Waals surface area contributed by atoms with Gasteiger partial charge in [-0.1, -0.05) is 97.8 Å². The Balaban J connectivity index is 0.000000393. The number of aromatic nitrogens is 1. The Morgan fingerprint density at radius 3 is 2.23 bits per heavy atom. The van der Waals surface area contributed by atoms with E-state index in [4.69, 9.17) is 15.1 Å². The average molecular weight is 788 g/mol. The van der Waals surface area contributed by atoms with Crippen molar-refractivity contribution in [3.63, 3.8) is 0 Å². The molecule has 7 rings (SSSR count). The van der Waals surface area contributed by atoms with Gasteiger partial charge in [-0.2, -0.15) is 8.42 Å². The van der Waals surface area contributed by atoms with Crippen molar-refractivity contribution in [3.05, 3.63) is 149 Å². The van der Waals surface area contributed by atoms with Crippen molar-refractivity contribution in [3.8, 4) is 16.9 Å². The molecule has 1 aromatic heterocycles. The van der Waals surface area contributed by atoms with Crippen LogP contribution in [-0.2, 0) is 26.7 Å². The molecule has 12 nitrogen and oxygen atoms in total. The van der Waals surface area contributed by atoms with Crippen LogP contribution in [0.1, 0.15) is 69.5 Å². The predicted molar refractivity (Wildman–Crippen MR) is 219 cm³/mol. The molecular formula is C44H45N5O7S. The van der Waals surface area contributed by atoms with Crippen LogP contribution in [0.4, 0.5) is 5.82 Å². The number of anilines is 1. The van der Waals surface area contributed by atoms with E-state index in [1.165, 1.54) is 52.7 Å². The molecule has 1 aliphatic carbocycles. The number of carbonyl (C=O) groups excluding carboxylic acids is 3. The number of ether oxygens (including phenoxy) is 1. The first kappa shape index (κ1) is 40.5. The summed E-state index contributed by atoms with van der Waals surface area (Å²) in [5.74, 6) is 6.49. The number of nitrogens with two attached hydrogens (primary N) is 1. The van der Waals surface area contributed by atoms with E-state index in [1.54, 1.807) is 12.1 Å². The first-order valence-corrected chi connectivity index (χ1v) is 20.2. The maximum absolute atomic E-state index is 13.6. The molecular weight excluding hydrogens is 743 g/mol. The highest BCUT2D eigenvalue weighted by Gasteiger charge is 2.43. The van der Waals surface area contributed by atoms with Crippen LogP contribution in [0.25, 0.3) is 17.2 Å². The Kier molecular flexibility index (Phi) is 13.3. The van der Waals surface area contributed by atoms with Crippen molar-refractivity contribution in [2.45, 2.75) is 48.8 Å². The average Bonchev–Trinajstić information content (AvgIpc) is 3.75. The van der Waals surface area contributed by atoms with Gasteiger partial charge in [-0.15, -0.1) is 0 Å². The van der Waals surface area contributed by atoms with Crippen molar-refractivity contribution in [1.29, 1.82) is 0 Å². The number of nitrogens with one attached hydrogen (secondary N) is 3. The lowest BCUT2D eigenvalue weighted by molar-refractivity contribution is -0.126. The Bertz CT molecular complexity index is 2330. The lowest BCUT2D eigenvalue weighted by Gasteiger charge is -2.30. The van der Waals surface area contributed by atoms with Crippen molar-refractivity contribution in [2.24, 2.45) is 5.84 Å². The maximum Gasteiger partial charge on any atom is 0.295 e. The van der Waals surface area contributed by atoms with Crippen LogP contribution in [0.3, 0.4) is 0 Å². The van der Waals surface area contributed by atoms with Crippen LogP contribution < -0.4 is 26.6 Å². The topological polar surface area (TPSA) is 190 Å². The van der Waals surface area contributed by atoms with Gasteiger partial charge in [0.15, 0.2) is 6.29 Å². The fraction of sp³-hybridized carbons (Fsp3) is 0.227. The number of carbonyl (C=O) groups is 3. The Morgan fingerprint density at radius 2 is 1.56 bits per heavy atom. The second kappa shape index (κ2) is 18.7. The minimum atomic E-state index is -4.28. The number of nitrogen functional groups attached to an aromatic ring is 1. The van der Waals surface area contributed by atoms with Gasteiger partial charge in [0.05, 0.1) is 11.0 Å². The van der Waals surface area contributed by atoms with Gasteiger partial charge in [-0.3, -0.25) is 18.9 Å². The molecule has 0 spiro atoms. The Morgan fingerprint density at radius 1 is 0.860 bits per heavy atom. The first-order valence-electron chi connectivity index (χ1n) is 18.7. The third kappa shape index (κ3) is 10.2. The summed E-state index contributed by atoms with van der Waals surface area (Å²) in [5.41, 5.74) is 9.26. The number of benzene rings is 4. The molecule has 0 bridgehead atoms. The summed E-state index contributed by atoms with van der Waals surface area (Å²) >= 11 is 0. The Labute approximate surface area is 332 Å².